The number of nitrogens with one attached hydrogen (secondary N) is 2. The fraction of sp³-hybridized carbons (Fsp3) is 0.375. The Labute approximate surface area is 306 Å². The number of nitrogens with zero attached hydrogens (tertiary/aromatic N) is 5. The maximum atomic E-state index is 12.4. The van der Waals surface area contributed by atoms with Gasteiger partial charge in [-0.25, -0.2) is 19.7 Å². The van der Waals surface area contributed by atoms with Crippen LogP contribution in [0.4, 0.5) is 22.0 Å². The van der Waals surface area contributed by atoms with Crippen LogP contribution in [0.2, 0.25) is 0 Å². The van der Waals surface area contributed by atoms with Crippen molar-refractivity contribution in [2.45, 2.75) is 59.9 Å². The average Bonchev–Trinajstić information content (AvgIpc) is 3.91. The first-order valence-electron chi connectivity index (χ1n) is 18.2. The maximum absolute atomic E-state index is 12.4. The van der Waals surface area contributed by atoms with Gasteiger partial charge in [-0.15, -0.1) is 0 Å². The largest absolute Gasteiger partial charge is 0.453 e. The molecule has 0 saturated carbocycles. The Bertz CT molecular complexity index is 1850. The minimum Gasteiger partial charge on any atom is -0.453 e. The number of aromatic amines is 1. The van der Waals surface area contributed by atoms with Crippen LogP contribution in [0, 0.1) is 0 Å². The second kappa shape index (κ2) is 19.8. The Hall–Kier alpha value is -5.49. The third kappa shape index (κ3) is 9.85. The van der Waals surface area contributed by atoms with Gasteiger partial charge in [0.05, 0.1) is 43.8 Å². The van der Waals surface area contributed by atoms with E-state index < -0.39 is 6.09 Å². The third-order valence-corrected chi connectivity index (χ3v) is 8.66. The van der Waals surface area contributed by atoms with Crippen LogP contribution in [0.15, 0.2) is 79.3 Å². The number of carbonyl (C=O) groups excluding carboxylic acids is 2. The third-order valence-electron chi connectivity index (χ3n) is 8.66. The molecule has 52 heavy (non-hydrogen) atoms. The molecule has 5 aromatic rings. The van der Waals surface area contributed by atoms with Crippen molar-refractivity contribution < 1.29 is 19.1 Å². The summed E-state index contributed by atoms with van der Waals surface area (Å²) in [6, 6.07) is 23.2. The molecule has 2 fully saturated rings. The number of rotatable bonds is 7. The summed E-state index contributed by atoms with van der Waals surface area (Å²) < 4.78 is 9.37. The second-order valence-corrected chi connectivity index (χ2v) is 11.6. The summed E-state index contributed by atoms with van der Waals surface area (Å²) in [5.74, 6) is 1.82. The monoisotopic (exact) mass is 708 g/mol. The summed E-state index contributed by atoms with van der Waals surface area (Å²) in [4.78, 5) is 43.2. The van der Waals surface area contributed by atoms with Gasteiger partial charge < -0.3 is 35.3 Å². The number of morpholine rings is 1. The van der Waals surface area contributed by atoms with Crippen LogP contribution >= 0.6 is 0 Å². The standard InChI is InChI=1S/C34H35N7O2.C2H5NO2.2C2H6/c1-2-32(42)41-15-3-4-31(41)34-35-21-30(39-34)24-7-5-23(6-8-24)25-9-14-29-28(20-25)33(37-22-36-29)38-26-10-12-27(13-11-26)40-16-18-43-19-17-40;1-5-2(3)4;2*1-2/h5-14,20-22,31H,2-4,15-19H2,1H3,(H,35,39)(H,36,37,38);1H3,(H2,3,4);2*1-2H3. The predicted octanol–water partition coefficient (Wildman–Crippen LogP) is 8.10. The van der Waals surface area contributed by atoms with Crippen molar-refractivity contribution >= 4 is 40.1 Å². The summed E-state index contributed by atoms with van der Waals surface area (Å²) >= 11 is 0. The number of H-pyrrole nitrogens is 1. The van der Waals surface area contributed by atoms with Crippen molar-refractivity contribution in [3.8, 4) is 22.4 Å². The van der Waals surface area contributed by atoms with E-state index >= 15 is 0 Å². The molecule has 0 spiro atoms. The normalized spacial score (nSPS) is 14.9. The van der Waals surface area contributed by atoms with E-state index in [1.54, 1.807) is 6.33 Å². The topological polar surface area (TPSA) is 152 Å². The quantitative estimate of drug-likeness (QED) is 0.152. The lowest BCUT2D eigenvalue weighted by atomic mass is 10.0. The Morgan fingerprint density at radius 1 is 0.904 bits per heavy atom. The van der Waals surface area contributed by atoms with Gasteiger partial charge in [-0.05, 0) is 65.9 Å². The SMILES string of the molecule is CC.CC.CCC(=O)N1CCCC1c1ncc(-c2ccc(-c3ccc4ncnc(Nc5ccc(N6CCOCC6)cc5)c4c3)cc2)[nH]1.COC(N)=O. The summed E-state index contributed by atoms with van der Waals surface area (Å²) in [5.41, 5.74) is 11.7. The number of likely N-dealkylation sites (tertiary alicyclic amines) is 1. The number of primary amides is 1. The van der Waals surface area contributed by atoms with Gasteiger partial charge in [0.15, 0.2) is 0 Å². The van der Waals surface area contributed by atoms with Crippen LogP contribution in [0.3, 0.4) is 0 Å². The molecule has 1 unspecified atom stereocenters. The Balaban J connectivity index is 0.000000613. The van der Waals surface area contributed by atoms with Gasteiger partial charge in [0.2, 0.25) is 5.91 Å². The molecule has 0 aliphatic carbocycles. The molecule has 12 heteroatoms. The van der Waals surface area contributed by atoms with Crippen LogP contribution in [-0.4, -0.2) is 76.8 Å². The number of fused-ring (bicyclic) bond motifs is 1. The van der Waals surface area contributed by atoms with Gasteiger partial charge in [-0.1, -0.05) is 65.0 Å². The highest BCUT2D eigenvalue weighted by Gasteiger charge is 2.31. The Kier molecular flexibility index (Phi) is 15.0. The van der Waals surface area contributed by atoms with Crippen LogP contribution in [0.1, 0.15) is 65.7 Å². The van der Waals surface area contributed by atoms with E-state index in [1.807, 2.05) is 51.8 Å². The number of nitrogens with two attached hydrogens (primary N) is 1. The maximum Gasteiger partial charge on any atom is 0.404 e. The Morgan fingerprint density at radius 3 is 2.21 bits per heavy atom. The molecule has 2 aliphatic heterocycles. The lowest BCUT2D eigenvalue weighted by Crippen LogP contribution is -2.36. The van der Waals surface area contributed by atoms with Gasteiger partial charge in [-0.2, -0.15) is 0 Å². The summed E-state index contributed by atoms with van der Waals surface area (Å²) in [6.07, 6.45) is 5.20. The zero-order valence-corrected chi connectivity index (χ0v) is 31.2. The lowest BCUT2D eigenvalue weighted by Gasteiger charge is -2.28. The van der Waals surface area contributed by atoms with E-state index in [4.69, 9.17) is 4.74 Å². The number of ether oxygens (including phenoxy) is 2. The molecule has 4 heterocycles. The van der Waals surface area contributed by atoms with E-state index in [0.29, 0.717) is 6.42 Å². The molecular weight excluding hydrogens is 656 g/mol. The summed E-state index contributed by atoms with van der Waals surface area (Å²) in [7, 11) is 1.22. The number of imidazole rings is 1. The van der Waals surface area contributed by atoms with E-state index in [9.17, 15) is 9.59 Å². The number of amides is 2. The van der Waals surface area contributed by atoms with Crippen LogP contribution in [0.5, 0.6) is 0 Å². The zero-order chi connectivity index (χ0) is 37.5. The molecule has 3 aromatic carbocycles. The lowest BCUT2D eigenvalue weighted by molar-refractivity contribution is -0.131. The number of hydrogen-bond donors (Lipinski definition) is 3. The molecule has 2 amide bonds. The first-order chi connectivity index (χ1) is 25.4. The van der Waals surface area contributed by atoms with Gasteiger partial charge in [0.25, 0.3) is 0 Å². The molecule has 1 atom stereocenters. The highest BCUT2D eigenvalue weighted by atomic mass is 16.5. The molecule has 276 valence electrons. The van der Waals surface area contributed by atoms with Gasteiger partial charge in [-0.3, -0.25) is 4.79 Å². The van der Waals surface area contributed by atoms with Crippen molar-refractivity contribution in [2.75, 3.05) is 50.2 Å². The van der Waals surface area contributed by atoms with Crippen LogP contribution in [-0.2, 0) is 14.3 Å². The smallest absolute Gasteiger partial charge is 0.404 e. The Morgan fingerprint density at radius 2 is 1.56 bits per heavy atom. The molecule has 2 aliphatic rings. The van der Waals surface area contributed by atoms with E-state index in [2.05, 4.69) is 101 Å². The van der Waals surface area contributed by atoms with E-state index in [1.165, 1.54) is 12.8 Å². The minimum absolute atomic E-state index is 0.0332. The predicted molar refractivity (Wildman–Crippen MR) is 209 cm³/mol. The van der Waals surface area contributed by atoms with Crippen molar-refractivity contribution in [1.82, 2.24) is 24.8 Å². The van der Waals surface area contributed by atoms with E-state index in [0.717, 1.165) is 96.3 Å². The number of aromatic nitrogens is 4. The van der Waals surface area contributed by atoms with E-state index in [-0.39, 0.29) is 11.9 Å². The minimum atomic E-state index is -0.745. The van der Waals surface area contributed by atoms with Gasteiger partial charge in [0.1, 0.15) is 18.0 Å². The summed E-state index contributed by atoms with van der Waals surface area (Å²) in [5, 5.41) is 4.46. The van der Waals surface area contributed by atoms with Gasteiger partial charge >= 0.3 is 6.09 Å². The molecule has 0 radical (unpaired) electrons. The van der Waals surface area contributed by atoms with Crippen molar-refractivity contribution in [2.24, 2.45) is 5.73 Å². The highest BCUT2D eigenvalue weighted by molar-refractivity contribution is 5.94. The zero-order valence-electron chi connectivity index (χ0n) is 31.2. The first kappa shape index (κ1) is 39.3. The van der Waals surface area contributed by atoms with Crippen molar-refractivity contribution in [3.05, 3.63) is 85.1 Å². The van der Waals surface area contributed by atoms with Crippen molar-refractivity contribution in [3.63, 3.8) is 0 Å². The van der Waals surface area contributed by atoms with Crippen molar-refractivity contribution in [1.29, 1.82) is 0 Å². The van der Waals surface area contributed by atoms with Gasteiger partial charge in [0, 0.05) is 42.8 Å². The molecule has 2 saturated heterocycles. The number of methoxy groups -OCH3 is 1. The molecule has 0 bridgehead atoms. The fourth-order valence-electron chi connectivity index (χ4n) is 6.10. The van der Waals surface area contributed by atoms with Crippen LogP contribution in [0.25, 0.3) is 33.3 Å². The fourth-order valence-corrected chi connectivity index (χ4v) is 6.10. The molecule has 12 nitrogen and oxygen atoms in total. The highest BCUT2D eigenvalue weighted by Crippen LogP contribution is 2.33. The second-order valence-electron chi connectivity index (χ2n) is 11.6. The average molecular weight is 709 g/mol. The number of carbonyl (C=O) groups is 2. The molecular formula is C40H52N8O4. The summed E-state index contributed by atoms with van der Waals surface area (Å²) in [6.45, 7) is 14.1. The number of hydrogen-bond acceptors (Lipinski definition) is 9. The number of anilines is 3. The molecule has 2 aromatic heterocycles. The molecule has 4 N–H and O–H groups in total. The van der Waals surface area contributed by atoms with Crippen LogP contribution < -0.4 is 16.0 Å². The first-order valence-corrected chi connectivity index (χ1v) is 18.2. The number of benzene rings is 3. The molecule has 7 rings (SSSR count).